The summed E-state index contributed by atoms with van der Waals surface area (Å²) in [5.41, 5.74) is 1.25. The second-order valence-corrected chi connectivity index (χ2v) is 5.75. The van der Waals surface area contributed by atoms with E-state index in [4.69, 9.17) is 0 Å². The van der Waals surface area contributed by atoms with Gasteiger partial charge in [0.1, 0.15) is 5.69 Å². The van der Waals surface area contributed by atoms with Gasteiger partial charge in [0.25, 0.3) is 5.91 Å². The number of aliphatic hydroxyl groups excluding tert-OH is 1. The van der Waals surface area contributed by atoms with Crippen LogP contribution in [0.4, 0.5) is 0 Å². The molecule has 2 aromatic rings. The van der Waals surface area contributed by atoms with Gasteiger partial charge in [0.2, 0.25) is 0 Å². The lowest BCUT2D eigenvalue weighted by atomic mass is 9.87. The van der Waals surface area contributed by atoms with Gasteiger partial charge in [0.15, 0.2) is 0 Å². The maximum Gasteiger partial charge on any atom is 0.270 e. The van der Waals surface area contributed by atoms with Crippen molar-refractivity contribution in [3.8, 4) is 0 Å². The van der Waals surface area contributed by atoms with E-state index in [9.17, 15) is 9.90 Å². The minimum atomic E-state index is -0.629. The molecule has 116 valence electrons. The van der Waals surface area contributed by atoms with Crippen molar-refractivity contribution in [3.05, 3.63) is 48.3 Å². The molecule has 2 N–H and O–H groups in total. The fourth-order valence-corrected chi connectivity index (χ4v) is 3.07. The predicted molar refractivity (Wildman–Crippen MR) is 81.4 cm³/mol. The van der Waals surface area contributed by atoms with Gasteiger partial charge in [-0.05, 0) is 37.8 Å². The highest BCUT2D eigenvalue weighted by molar-refractivity contribution is 5.93. The van der Waals surface area contributed by atoms with Crippen molar-refractivity contribution >= 4 is 5.91 Å². The molecular formula is C16H20N4O2. The van der Waals surface area contributed by atoms with Crippen LogP contribution in [0.1, 0.15) is 41.4 Å². The van der Waals surface area contributed by atoms with E-state index in [1.54, 1.807) is 24.8 Å². The minimum absolute atomic E-state index is 0.0496. The molecule has 22 heavy (non-hydrogen) atoms. The summed E-state index contributed by atoms with van der Waals surface area (Å²) in [4.78, 5) is 20.5. The lowest BCUT2D eigenvalue weighted by Gasteiger charge is -2.35. The Morgan fingerprint density at radius 1 is 1.41 bits per heavy atom. The summed E-state index contributed by atoms with van der Waals surface area (Å²) in [6.45, 7) is 1.85. The number of hydrogen-bond donors (Lipinski definition) is 2. The van der Waals surface area contributed by atoms with Crippen molar-refractivity contribution in [1.82, 2.24) is 19.9 Å². The van der Waals surface area contributed by atoms with Crippen LogP contribution >= 0.6 is 0 Å². The molecule has 0 aromatic carbocycles. The summed E-state index contributed by atoms with van der Waals surface area (Å²) in [5, 5.41) is 13.5. The molecular weight excluding hydrogens is 280 g/mol. The molecule has 1 aliphatic carbocycles. The highest BCUT2D eigenvalue weighted by Gasteiger charge is 2.34. The molecule has 6 heteroatoms. The Morgan fingerprint density at radius 2 is 2.27 bits per heavy atom. The number of nitrogens with one attached hydrogen (secondary N) is 1. The Bertz CT molecular complexity index is 641. The van der Waals surface area contributed by atoms with E-state index in [2.05, 4.69) is 15.3 Å². The van der Waals surface area contributed by atoms with E-state index in [-0.39, 0.29) is 18.0 Å². The molecule has 1 saturated carbocycles. The van der Waals surface area contributed by atoms with Crippen LogP contribution in [0.3, 0.4) is 0 Å². The predicted octanol–water partition coefficient (Wildman–Crippen LogP) is 1.47. The number of rotatable bonds is 3. The summed E-state index contributed by atoms with van der Waals surface area (Å²) < 4.78 is 1.91. The number of imidazole rings is 1. The van der Waals surface area contributed by atoms with Gasteiger partial charge in [-0.1, -0.05) is 6.07 Å². The summed E-state index contributed by atoms with van der Waals surface area (Å²) in [6, 6.07) is 3.34. The van der Waals surface area contributed by atoms with Gasteiger partial charge in [-0.15, -0.1) is 0 Å². The molecule has 0 aliphatic heterocycles. The molecule has 1 amide bonds. The number of carbonyl (C=O) groups excluding carboxylic acids is 1. The Hall–Kier alpha value is -2.21. The minimum Gasteiger partial charge on any atom is -0.389 e. The number of aryl methyl sites for hydroxylation is 1. The van der Waals surface area contributed by atoms with Gasteiger partial charge in [0.05, 0.1) is 24.5 Å². The molecule has 1 aliphatic rings. The van der Waals surface area contributed by atoms with Crippen LogP contribution in [0.25, 0.3) is 0 Å². The van der Waals surface area contributed by atoms with Gasteiger partial charge in [-0.25, -0.2) is 4.98 Å². The highest BCUT2D eigenvalue weighted by atomic mass is 16.3. The Morgan fingerprint density at radius 3 is 3.00 bits per heavy atom. The van der Waals surface area contributed by atoms with Crippen molar-refractivity contribution in [1.29, 1.82) is 0 Å². The Labute approximate surface area is 129 Å². The number of aliphatic hydroxyl groups is 1. The van der Waals surface area contributed by atoms with E-state index in [1.165, 1.54) is 0 Å². The molecule has 2 aromatic heterocycles. The number of hydrogen-bond acceptors (Lipinski definition) is 4. The lowest BCUT2D eigenvalue weighted by Crippen LogP contribution is -2.49. The van der Waals surface area contributed by atoms with E-state index in [0.29, 0.717) is 5.69 Å². The van der Waals surface area contributed by atoms with Crippen molar-refractivity contribution < 1.29 is 9.90 Å². The zero-order valence-corrected chi connectivity index (χ0v) is 12.5. The maximum atomic E-state index is 12.4. The van der Waals surface area contributed by atoms with E-state index in [1.807, 2.05) is 23.8 Å². The summed E-state index contributed by atoms with van der Waals surface area (Å²) >= 11 is 0. The SMILES string of the molecule is Cc1cccnc1C(=O)N[C@@H]1CCC[C@@H](n2ccnc2)[C@@H]1O. The molecule has 1 fully saturated rings. The van der Waals surface area contributed by atoms with Crippen LogP contribution in [0, 0.1) is 6.92 Å². The first kappa shape index (κ1) is 14.7. The third-order valence-corrected chi connectivity index (χ3v) is 4.27. The van der Waals surface area contributed by atoms with Crippen LogP contribution < -0.4 is 5.32 Å². The van der Waals surface area contributed by atoms with Crippen LogP contribution in [-0.4, -0.2) is 37.7 Å². The number of amides is 1. The number of nitrogens with zero attached hydrogens (tertiary/aromatic N) is 3. The average Bonchev–Trinajstić information content (AvgIpc) is 3.04. The highest BCUT2D eigenvalue weighted by Crippen LogP contribution is 2.29. The molecule has 0 radical (unpaired) electrons. The molecule has 0 bridgehead atoms. The molecule has 0 spiro atoms. The molecule has 3 rings (SSSR count). The maximum absolute atomic E-state index is 12.4. The smallest absolute Gasteiger partial charge is 0.270 e. The first-order chi connectivity index (χ1) is 10.7. The van der Waals surface area contributed by atoms with Crippen LogP contribution in [0.15, 0.2) is 37.1 Å². The van der Waals surface area contributed by atoms with Gasteiger partial charge >= 0.3 is 0 Å². The van der Waals surface area contributed by atoms with Crippen LogP contribution in [0.5, 0.6) is 0 Å². The quantitative estimate of drug-likeness (QED) is 0.899. The second kappa shape index (κ2) is 6.27. The molecule has 2 heterocycles. The number of pyridine rings is 1. The zero-order valence-electron chi connectivity index (χ0n) is 12.5. The van der Waals surface area contributed by atoms with Crippen LogP contribution in [0.2, 0.25) is 0 Å². The van der Waals surface area contributed by atoms with Crippen LogP contribution in [-0.2, 0) is 0 Å². The third-order valence-electron chi connectivity index (χ3n) is 4.27. The number of carbonyl (C=O) groups is 1. The first-order valence-corrected chi connectivity index (χ1v) is 7.55. The molecule has 0 saturated heterocycles. The molecule has 6 nitrogen and oxygen atoms in total. The molecule has 3 atom stereocenters. The zero-order chi connectivity index (χ0) is 15.5. The van der Waals surface area contributed by atoms with E-state index in [0.717, 1.165) is 24.8 Å². The lowest BCUT2D eigenvalue weighted by molar-refractivity contribution is 0.0397. The Kier molecular flexibility index (Phi) is 4.20. The number of aromatic nitrogens is 3. The summed E-state index contributed by atoms with van der Waals surface area (Å²) in [5.74, 6) is -0.228. The monoisotopic (exact) mass is 300 g/mol. The first-order valence-electron chi connectivity index (χ1n) is 7.55. The summed E-state index contributed by atoms with van der Waals surface area (Å²) in [6.07, 6.45) is 8.83. The van der Waals surface area contributed by atoms with Gasteiger partial charge in [-0.2, -0.15) is 0 Å². The third kappa shape index (κ3) is 2.87. The summed E-state index contributed by atoms with van der Waals surface area (Å²) in [7, 11) is 0. The average molecular weight is 300 g/mol. The van der Waals surface area contributed by atoms with Gasteiger partial charge in [0, 0.05) is 18.6 Å². The second-order valence-electron chi connectivity index (χ2n) is 5.75. The van der Waals surface area contributed by atoms with Crippen molar-refractivity contribution in [2.45, 2.75) is 44.4 Å². The van der Waals surface area contributed by atoms with Crippen molar-refractivity contribution in [3.63, 3.8) is 0 Å². The van der Waals surface area contributed by atoms with Crippen molar-refractivity contribution in [2.24, 2.45) is 0 Å². The van der Waals surface area contributed by atoms with Crippen molar-refractivity contribution in [2.75, 3.05) is 0 Å². The largest absolute Gasteiger partial charge is 0.389 e. The van der Waals surface area contributed by atoms with Gasteiger partial charge < -0.3 is 15.0 Å². The normalized spacial score (nSPS) is 24.9. The van der Waals surface area contributed by atoms with E-state index >= 15 is 0 Å². The fourth-order valence-electron chi connectivity index (χ4n) is 3.07. The molecule has 0 unspecified atom stereocenters. The fraction of sp³-hybridized carbons (Fsp3) is 0.438. The Balaban J connectivity index is 1.72. The topological polar surface area (TPSA) is 80.0 Å². The standard InChI is InChI=1S/C16H20N4O2/c1-11-4-3-7-18-14(11)16(22)19-12-5-2-6-13(15(12)21)20-9-8-17-10-20/h3-4,7-10,12-13,15,21H,2,5-6H2,1H3,(H,19,22)/t12-,13-,15-/m1/s1. The van der Waals surface area contributed by atoms with E-state index < -0.39 is 6.10 Å². The van der Waals surface area contributed by atoms with Gasteiger partial charge in [-0.3, -0.25) is 9.78 Å².